The van der Waals surface area contributed by atoms with E-state index in [-0.39, 0.29) is 0 Å². The largest absolute Gasteiger partial charge is 0.103 e. The van der Waals surface area contributed by atoms with Crippen molar-refractivity contribution in [2.45, 2.75) is 24.7 Å². The van der Waals surface area contributed by atoms with Gasteiger partial charge in [-0.05, 0) is 114 Å². The van der Waals surface area contributed by atoms with E-state index in [1.807, 2.05) is 6.92 Å². The van der Waals surface area contributed by atoms with Crippen LogP contribution in [0.25, 0.3) is 44.2 Å². The maximum absolute atomic E-state index is 3.36. The molecule has 3 aliphatic carbocycles. The summed E-state index contributed by atoms with van der Waals surface area (Å²) in [5.41, 5.74) is 19.2. The quantitative estimate of drug-likeness (QED) is 0.153. The van der Waals surface area contributed by atoms with Crippen LogP contribution in [0.2, 0.25) is 0 Å². The fourth-order valence-corrected chi connectivity index (χ4v) is 10.2. The molecule has 0 bridgehead atoms. The van der Waals surface area contributed by atoms with E-state index < -0.39 is 10.8 Å². The Morgan fingerprint density at radius 1 is 0.404 bits per heavy atom. The second-order valence-corrected chi connectivity index (χ2v) is 14.4. The number of hydrogen-bond acceptors (Lipinski definition) is 0. The molecule has 246 valence electrons. The molecule has 0 saturated heterocycles. The van der Waals surface area contributed by atoms with E-state index in [9.17, 15) is 0 Å². The van der Waals surface area contributed by atoms with E-state index in [0.717, 1.165) is 0 Å². The summed E-state index contributed by atoms with van der Waals surface area (Å²) in [5.74, 6) is 0. The van der Waals surface area contributed by atoms with E-state index in [1.54, 1.807) is 6.08 Å². The third kappa shape index (κ3) is 3.77. The van der Waals surface area contributed by atoms with Gasteiger partial charge in [0.1, 0.15) is 0 Å². The van der Waals surface area contributed by atoms with Crippen LogP contribution in [-0.4, -0.2) is 0 Å². The van der Waals surface area contributed by atoms with E-state index in [0.29, 0.717) is 0 Å². The zero-order chi connectivity index (χ0) is 35.0. The van der Waals surface area contributed by atoms with Crippen molar-refractivity contribution in [3.8, 4) is 33.4 Å². The fourth-order valence-electron chi connectivity index (χ4n) is 10.2. The van der Waals surface area contributed by atoms with Gasteiger partial charge in [-0.25, -0.2) is 0 Å². The minimum atomic E-state index is -0.481. The predicted molar refractivity (Wildman–Crippen MR) is 218 cm³/mol. The van der Waals surface area contributed by atoms with Gasteiger partial charge in [-0.2, -0.15) is 0 Å². The maximum Gasteiger partial charge on any atom is 0.0720 e. The molecule has 0 saturated carbocycles. The van der Waals surface area contributed by atoms with Crippen molar-refractivity contribution in [1.29, 1.82) is 0 Å². The average molecular weight is 663 g/mol. The van der Waals surface area contributed by atoms with Crippen molar-refractivity contribution < 1.29 is 0 Å². The SMILES string of the molecule is C=CC.Cc1ccc2ccccc2c1-c1ccc2c(c1)C1(c3ccccc3-c3ccccc31)c1ccccc1C21c2ccccc2-c2ccccc21. The number of allylic oxidation sites excluding steroid dienone is 1. The summed E-state index contributed by atoms with van der Waals surface area (Å²) >= 11 is 0. The molecule has 52 heavy (non-hydrogen) atoms. The van der Waals surface area contributed by atoms with Crippen LogP contribution >= 0.6 is 0 Å². The highest BCUT2D eigenvalue weighted by Gasteiger charge is 2.58. The average Bonchev–Trinajstić information content (AvgIpc) is 3.66. The molecule has 0 unspecified atom stereocenters. The Hall–Kier alpha value is -6.24. The third-order valence-corrected chi connectivity index (χ3v) is 11.9. The van der Waals surface area contributed by atoms with Gasteiger partial charge in [-0.15, -0.1) is 6.58 Å². The molecule has 0 amide bonds. The van der Waals surface area contributed by atoms with Crippen molar-refractivity contribution in [1.82, 2.24) is 0 Å². The second-order valence-electron chi connectivity index (χ2n) is 14.4. The molecule has 8 aromatic carbocycles. The summed E-state index contributed by atoms with van der Waals surface area (Å²) < 4.78 is 0. The Balaban J connectivity index is 0.00000109. The van der Waals surface area contributed by atoms with Crippen molar-refractivity contribution in [3.63, 3.8) is 0 Å². The standard InChI is InChI=1S/C49H32.C3H6/c1-31-26-27-32-14-2-3-15-34(32)47(31)33-28-29-45-46(30-33)49(41-22-10-6-18-37(41)38-19-7-11-23-42(38)49)44-25-13-12-24-43(44)48(45)39-20-8-4-16-35(39)36-17-5-9-21-40(36)48;1-3-2/h2-30H,1H3;3H,1H2,2H3. The lowest BCUT2D eigenvalue weighted by molar-refractivity contribution is 0.633. The molecule has 2 spiro atoms. The van der Waals surface area contributed by atoms with Gasteiger partial charge < -0.3 is 0 Å². The molecule has 0 N–H and O–H groups in total. The van der Waals surface area contributed by atoms with Crippen molar-refractivity contribution in [3.05, 3.63) is 239 Å². The van der Waals surface area contributed by atoms with Gasteiger partial charge >= 0.3 is 0 Å². The minimum absolute atomic E-state index is 0.455. The highest BCUT2D eigenvalue weighted by molar-refractivity contribution is 6.00. The summed E-state index contributed by atoms with van der Waals surface area (Å²) in [4.78, 5) is 0. The van der Waals surface area contributed by atoms with Crippen LogP contribution in [0.5, 0.6) is 0 Å². The Morgan fingerprint density at radius 3 is 1.29 bits per heavy atom. The molecule has 0 aliphatic heterocycles. The maximum atomic E-state index is 3.36. The van der Waals surface area contributed by atoms with Crippen LogP contribution in [-0.2, 0) is 10.8 Å². The van der Waals surface area contributed by atoms with Gasteiger partial charge in [0.2, 0.25) is 0 Å². The van der Waals surface area contributed by atoms with Crippen LogP contribution in [0.4, 0.5) is 0 Å². The molecule has 0 heterocycles. The first kappa shape index (κ1) is 30.6. The molecule has 11 rings (SSSR count). The Kier molecular flexibility index (Phi) is 6.69. The summed E-state index contributed by atoms with van der Waals surface area (Å²) in [6.07, 6.45) is 1.75. The first-order chi connectivity index (χ1) is 25.6. The van der Waals surface area contributed by atoms with E-state index in [2.05, 4.69) is 189 Å². The van der Waals surface area contributed by atoms with Crippen LogP contribution in [0.1, 0.15) is 57.0 Å². The first-order valence-electron chi connectivity index (χ1n) is 18.3. The monoisotopic (exact) mass is 662 g/mol. The van der Waals surface area contributed by atoms with Gasteiger partial charge in [-0.1, -0.05) is 176 Å². The molecule has 8 aromatic rings. The van der Waals surface area contributed by atoms with Gasteiger partial charge in [0.25, 0.3) is 0 Å². The Morgan fingerprint density at radius 2 is 0.788 bits per heavy atom. The summed E-state index contributed by atoms with van der Waals surface area (Å²) in [7, 11) is 0. The number of fused-ring (bicyclic) bond motifs is 17. The van der Waals surface area contributed by atoms with Crippen LogP contribution in [0, 0.1) is 6.92 Å². The molecule has 0 fully saturated rings. The normalized spacial score (nSPS) is 14.3. The van der Waals surface area contributed by atoms with Crippen molar-refractivity contribution in [2.24, 2.45) is 0 Å². The third-order valence-electron chi connectivity index (χ3n) is 11.9. The molecule has 0 heteroatoms. The molecule has 0 nitrogen and oxygen atoms in total. The van der Waals surface area contributed by atoms with Gasteiger partial charge in [-0.3, -0.25) is 0 Å². The van der Waals surface area contributed by atoms with Crippen LogP contribution < -0.4 is 0 Å². The number of hydrogen-bond donors (Lipinski definition) is 0. The lowest BCUT2D eigenvalue weighted by Gasteiger charge is -2.49. The molecular formula is C52H38. The lowest BCUT2D eigenvalue weighted by Crippen LogP contribution is -2.43. The zero-order valence-electron chi connectivity index (χ0n) is 29.5. The zero-order valence-corrected chi connectivity index (χ0v) is 29.5. The van der Waals surface area contributed by atoms with Crippen LogP contribution in [0.3, 0.4) is 0 Å². The Bertz CT molecular complexity index is 2650. The summed E-state index contributed by atoms with van der Waals surface area (Å²) in [6.45, 7) is 7.51. The molecule has 0 aromatic heterocycles. The number of rotatable bonds is 1. The molecule has 0 radical (unpaired) electrons. The molecular weight excluding hydrogens is 625 g/mol. The second kappa shape index (κ2) is 11.4. The van der Waals surface area contributed by atoms with Crippen molar-refractivity contribution >= 4 is 10.8 Å². The van der Waals surface area contributed by atoms with E-state index in [1.165, 1.54) is 94.2 Å². The highest BCUT2D eigenvalue weighted by atomic mass is 14.6. The number of aryl methyl sites for hydroxylation is 1. The summed E-state index contributed by atoms with van der Waals surface area (Å²) in [5, 5.41) is 2.57. The first-order valence-corrected chi connectivity index (χ1v) is 18.3. The van der Waals surface area contributed by atoms with Gasteiger partial charge in [0.15, 0.2) is 0 Å². The smallest absolute Gasteiger partial charge is 0.0720 e. The molecule has 3 aliphatic rings. The molecule has 0 atom stereocenters. The predicted octanol–water partition coefficient (Wildman–Crippen LogP) is 13.0. The minimum Gasteiger partial charge on any atom is -0.103 e. The van der Waals surface area contributed by atoms with Gasteiger partial charge in [0.05, 0.1) is 10.8 Å². The van der Waals surface area contributed by atoms with E-state index in [4.69, 9.17) is 0 Å². The van der Waals surface area contributed by atoms with Crippen LogP contribution in [0.15, 0.2) is 189 Å². The van der Waals surface area contributed by atoms with Gasteiger partial charge in [0, 0.05) is 0 Å². The summed E-state index contributed by atoms with van der Waals surface area (Å²) in [6, 6.07) is 66.8. The van der Waals surface area contributed by atoms with E-state index >= 15 is 0 Å². The fraction of sp³-hybridized carbons (Fsp3) is 0.0769. The Labute approximate surface area is 306 Å². The highest BCUT2D eigenvalue weighted by Crippen LogP contribution is 2.67. The van der Waals surface area contributed by atoms with Crippen molar-refractivity contribution in [2.75, 3.05) is 0 Å². The topological polar surface area (TPSA) is 0 Å². The number of benzene rings is 8. The lowest BCUT2D eigenvalue weighted by atomic mass is 9.52.